The summed E-state index contributed by atoms with van der Waals surface area (Å²) in [7, 11) is 0. The van der Waals surface area contributed by atoms with Gasteiger partial charge in [-0.15, -0.1) is 0 Å². The Labute approximate surface area is 209 Å². The van der Waals surface area contributed by atoms with Crippen LogP contribution in [-0.4, -0.2) is 65.2 Å². The molecule has 0 aromatic heterocycles. The Bertz CT molecular complexity index is 1090. The minimum Gasteiger partial charge on any atom is -0.494 e. The van der Waals surface area contributed by atoms with Crippen LogP contribution in [0.1, 0.15) is 50.7 Å². The number of rotatable bonds is 4. The van der Waals surface area contributed by atoms with Gasteiger partial charge in [0.05, 0.1) is 44.4 Å². The van der Waals surface area contributed by atoms with E-state index in [0.29, 0.717) is 0 Å². The van der Waals surface area contributed by atoms with Crippen LogP contribution in [0.25, 0.3) is 0 Å². The molecule has 1 spiro atoms. The Balaban J connectivity index is 1.84. The second-order valence-corrected chi connectivity index (χ2v) is 8.73. The van der Waals surface area contributed by atoms with Crippen molar-refractivity contribution < 1.29 is 56.1 Å². The molecule has 202 valence electrons. The number of fused-ring (bicyclic) bond motifs is 2. The molecule has 14 heteroatoms. The van der Waals surface area contributed by atoms with Crippen molar-refractivity contribution in [3.63, 3.8) is 0 Å². The van der Waals surface area contributed by atoms with E-state index < -0.39 is 47.3 Å². The molecule has 0 N–H and O–H groups in total. The number of alkyl halides is 3. The van der Waals surface area contributed by atoms with E-state index in [4.69, 9.17) is 23.8 Å². The molecule has 1 aromatic rings. The summed E-state index contributed by atoms with van der Waals surface area (Å²) in [6, 6.07) is 2.90. The van der Waals surface area contributed by atoms with Gasteiger partial charge < -0.3 is 23.8 Å². The van der Waals surface area contributed by atoms with Crippen molar-refractivity contribution in [3.8, 4) is 5.75 Å². The summed E-state index contributed by atoms with van der Waals surface area (Å²) < 4.78 is 62.9. The lowest BCUT2D eigenvalue weighted by molar-refractivity contribution is -0.441. The van der Waals surface area contributed by atoms with Crippen molar-refractivity contribution in [2.24, 2.45) is 0 Å². The average molecular weight is 530 g/mol. The Morgan fingerprint density at radius 2 is 1.51 bits per heavy atom. The second kappa shape index (κ2) is 9.82. The molecule has 3 saturated heterocycles. The molecule has 11 nitrogen and oxygen atoms in total. The van der Waals surface area contributed by atoms with Crippen molar-refractivity contribution in [1.82, 2.24) is 9.96 Å². The van der Waals surface area contributed by atoms with Crippen molar-refractivity contribution in [1.29, 1.82) is 0 Å². The third-order valence-electron chi connectivity index (χ3n) is 6.20. The van der Waals surface area contributed by atoms with E-state index in [2.05, 4.69) is 0 Å². The average Bonchev–Trinajstić information content (AvgIpc) is 2.96. The van der Waals surface area contributed by atoms with E-state index in [1.807, 2.05) is 0 Å². The third kappa shape index (κ3) is 5.07. The Hall–Kier alpha value is -3.39. The lowest BCUT2D eigenvalue weighted by Crippen LogP contribution is -2.78. The summed E-state index contributed by atoms with van der Waals surface area (Å²) in [6.07, 6.45) is -6.00. The molecule has 3 fully saturated rings. The third-order valence-corrected chi connectivity index (χ3v) is 6.20. The number of hydrogen-bond donors (Lipinski definition) is 0. The van der Waals surface area contributed by atoms with Crippen LogP contribution in [-0.2, 0) is 50.9 Å². The van der Waals surface area contributed by atoms with Gasteiger partial charge in [-0.25, -0.2) is 4.90 Å². The maximum Gasteiger partial charge on any atom is 0.416 e. The molecule has 0 bridgehead atoms. The number of ether oxygens (including phenoxy) is 4. The van der Waals surface area contributed by atoms with Crippen molar-refractivity contribution in [2.75, 3.05) is 19.7 Å². The predicted molar refractivity (Wildman–Crippen MR) is 114 cm³/mol. The van der Waals surface area contributed by atoms with Crippen molar-refractivity contribution in [2.45, 2.75) is 63.9 Å². The van der Waals surface area contributed by atoms with Gasteiger partial charge in [0.2, 0.25) is 0 Å². The quantitative estimate of drug-likeness (QED) is 0.533. The molecule has 37 heavy (non-hydrogen) atoms. The highest BCUT2D eigenvalue weighted by atomic mass is 19.4. The highest BCUT2D eigenvalue weighted by Crippen LogP contribution is 2.45. The normalized spacial score (nSPS) is 25.1. The SMILES string of the molecule is CCOc1ccc(C(F)(F)F)cc1CN1CCN2OC(=O)CCC(=O)O[C@]2(C)C12OC(=O)CCC(=O)O2. The lowest BCUT2D eigenvalue weighted by Gasteiger charge is -2.55. The number of hydroxylamine groups is 2. The maximum atomic E-state index is 13.5. The van der Waals surface area contributed by atoms with Crippen molar-refractivity contribution >= 4 is 23.9 Å². The van der Waals surface area contributed by atoms with Crippen LogP contribution in [0.2, 0.25) is 0 Å². The first-order valence-corrected chi connectivity index (χ1v) is 11.6. The van der Waals surface area contributed by atoms with E-state index >= 15 is 0 Å². The number of carbonyl (C=O) groups is 4. The highest BCUT2D eigenvalue weighted by molar-refractivity contribution is 5.81. The topological polar surface area (TPSA) is 121 Å². The smallest absolute Gasteiger partial charge is 0.416 e. The van der Waals surface area contributed by atoms with Crippen LogP contribution in [0.4, 0.5) is 13.2 Å². The van der Waals surface area contributed by atoms with Gasteiger partial charge >= 0.3 is 36.0 Å². The molecule has 3 aliphatic heterocycles. The predicted octanol–water partition coefficient (Wildman–Crippen LogP) is 2.27. The van der Waals surface area contributed by atoms with Crippen LogP contribution < -0.4 is 4.74 Å². The largest absolute Gasteiger partial charge is 0.494 e. The lowest BCUT2D eigenvalue weighted by atomic mass is 10.0. The van der Waals surface area contributed by atoms with Crippen LogP contribution in [0, 0.1) is 0 Å². The van der Waals surface area contributed by atoms with E-state index in [9.17, 15) is 32.3 Å². The van der Waals surface area contributed by atoms with Gasteiger partial charge in [-0.3, -0.25) is 19.2 Å². The number of esters is 3. The van der Waals surface area contributed by atoms with E-state index in [1.165, 1.54) is 11.8 Å². The van der Waals surface area contributed by atoms with Gasteiger partial charge in [-0.1, -0.05) is 5.06 Å². The molecule has 0 saturated carbocycles. The van der Waals surface area contributed by atoms with Crippen LogP contribution in [0.5, 0.6) is 5.75 Å². The molecule has 1 aromatic carbocycles. The van der Waals surface area contributed by atoms with E-state index in [0.717, 1.165) is 23.3 Å². The molecule has 0 amide bonds. The number of hydrogen-bond acceptors (Lipinski definition) is 11. The first-order chi connectivity index (χ1) is 17.4. The molecule has 3 heterocycles. The van der Waals surface area contributed by atoms with E-state index in [-0.39, 0.29) is 63.2 Å². The maximum absolute atomic E-state index is 13.5. The number of benzene rings is 1. The van der Waals surface area contributed by atoms with Crippen LogP contribution in [0.3, 0.4) is 0 Å². The fourth-order valence-electron chi connectivity index (χ4n) is 4.44. The standard InChI is InChI=1S/C23H25F3N2O9/c1-3-33-16-5-4-15(22(24,25)26)12-14(16)13-27-10-11-28-21(2,34-17(29)8-9-20(32)37-28)23(27)35-18(30)6-7-19(31)36-23/h4-5,12H,3,6-11,13H2,1-2H3/t21-/m1/s1. The number of piperazine rings is 1. The summed E-state index contributed by atoms with van der Waals surface area (Å²) in [5.74, 6) is -5.80. The van der Waals surface area contributed by atoms with Gasteiger partial charge in [0.1, 0.15) is 5.75 Å². The zero-order chi connectivity index (χ0) is 27.0. The molecule has 1 atom stereocenters. The first-order valence-electron chi connectivity index (χ1n) is 11.6. The van der Waals surface area contributed by atoms with E-state index in [1.54, 1.807) is 6.92 Å². The number of carbonyl (C=O) groups excluding carboxylic acids is 4. The Morgan fingerprint density at radius 3 is 2.11 bits per heavy atom. The van der Waals surface area contributed by atoms with Crippen LogP contribution >= 0.6 is 0 Å². The summed E-state index contributed by atoms with van der Waals surface area (Å²) in [4.78, 5) is 56.7. The fraction of sp³-hybridized carbons (Fsp3) is 0.565. The molecule has 0 aliphatic carbocycles. The van der Waals surface area contributed by atoms with Gasteiger partial charge in [-0.2, -0.15) is 13.2 Å². The molecular weight excluding hydrogens is 505 g/mol. The first kappa shape index (κ1) is 26.7. The van der Waals surface area contributed by atoms with Gasteiger partial charge in [0, 0.05) is 25.6 Å². The highest BCUT2D eigenvalue weighted by Gasteiger charge is 2.70. The zero-order valence-electron chi connectivity index (χ0n) is 20.1. The summed E-state index contributed by atoms with van der Waals surface area (Å²) in [6.45, 7) is 2.39. The number of nitrogens with zero attached hydrogens (tertiary/aromatic N) is 2. The molecule has 0 unspecified atom stereocenters. The summed E-state index contributed by atoms with van der Waals surface area (Å²) in [5.41, 5.74) is -3.11. The summed E-state index contributed by atoms with van der Waals surface area (Å²) in [5, 5.41) is 0.949. The van der Waals surface area contributed by atoms with Crippen LogP contribution in [0.15, 0.2) is 18.2 Å². The minimum atomic E-state index is -4.66. The zero-order valence-corrected chi connectivity index (χ0v) is 20.1. The Kier molecular flexibility index (Phi) is 7.08. The molecule has 0 radical (unpaired) electrons. The fourth-order valence-corrected chi connectivity index (χ4v) is 4.44. The molecule has 4 rings (SSSR count). The number of halogens is 3. The second-order valence-electron chi connectivity index (χ2n) is 8.73. The van der Waals surface area contributed by atoms with Gasteiger partial charge in [-0.05, 0) is 25.1 Å². The minimum absolute atomic E-state index is 0.0404. The van der Waals surface area contributed by atoms with Gasteiger partial charge in [0.25, 0.3) is 5.72 Å². The Morgan fingerprint density at radius 1 is 0.919 bits per heavy atom. The summed E-state index contributed by atoms with van der Waals surface area (Å²) >= 11 is 0. The molecule has 3 aliphatic rings. The molecular formula is C23H25F3N2O9. The van der Waals surface area contributed by atoms with Crippen molar-refractivity contribution in [3.05, 3.63) is 29.3 Å². The monoisotopic (exact) mass is 530 g/mol. The van der Waals surface area contributed by atoms with Gasteiger partial charge in [0.15, 0.2) is 0 Å².